The van der Waals surface area contributed by atoms with Gasteiger partial charge in [0.1, 0.15) is 0 Å². The summed E-state index contributed by atoms with van der Waals surface area (Å²) in [5, 5.41) is 3.13. The van der Waals surface area contributed by atoms with Gasteiger partial charge in [0.25, 0.3) is 0 Å². The van der Waals surface area contributed by atoms with Gasteiger partial charge >= 0.3 is 0 Å². The van der Waals surface area contributed by atoms with Crippen LogP contribution < -0.4 is 10.1 Å². The molecule has 0 aromatic carbocycles. The van der Waals surface area contributed by atoms with Gasteiger partial charge in [0, 0.05) is 29.8 Å². The lowest BCUT2D eigenvalue weighted by molar-refractivity contribution is 0.398. The average Bonchev–Trinajstić information content (AvgIpc) is 2.39. The van der Waals surface area contributed by atoms with E-state index in [0.29, 0.717) is 17.7 Å². The summed E-state index contributed by atoms with van der Waals surface area (Å²) in [6, 6.07) is 5.56. The monoisotopic (exact) mass is 244 g/mol. The number of hydrogen-bond donors (Lipinski definition) is 1. The van der Waals surface area contributed by atoms with Gasteiger partial charge in [-0.25, -0.2) is 15.0 Å². The first-order valence-electron chi connectivity index (χ1n) is 5.79. The lowest BCUT2D eigenvalue weighted by Gasteiger charge is -2.08. The molecular weight excluding hydrogens is 228 g/mol. The van der Waals surface area contributed by atoms with Gasteiger partial charge < -0.3 is 10.1 Å². The molecule has 0 saturated heterocycles. The molecule has 94 valence electrons. The fourth-order valence-electron chi connectivity index (χ4n) is 1.48. The zero-order chi connectivity index (χ0) is 13.0. The molecule has 0 aliphatic rings. The van der Waals surface area contributed by atoms with Crippen LogP contribution in [0.5, 0.6) is 5.88 Å². The topological polar surface area (TPSA) is 59.9 Å². The summed E-state index contributed by atoms with van der Waals surface area (Å²) in [7, 11) is 1.59. The van der Waals surface area contributed by atoms with Crippen LogP contribution in [0.15, 0.2) is 30.6 Å². The minimum atomic E-state index is 0.375. The van der Waals surface area contributed by atoms with Crippen LogP contribution in [0.4, 0.5) is 11.6 Å². The molecule has 0 spiro atoms. The minimum absolute atomic E-state index is 0.375. The fraction of sp³-hybridized carbons (Fsp3) is 0.308. The van der Waals surface area contributed by atoms with Crippen molar-refractivity contribution in [2.45, 2.75) is 19.8 Å². The second kappa shape index (κ2) is 5.44. The molecule has 0 fully saturated rings. The maximum absolute atomic E-state index is 5.06. The van der Waals surface area contributed by atoms with Gasteiger partial charge in [-0.2, -0.15) is 0 Å². The van der Waals surface area contributed by atoms with E-state index in [9.17, 15) is 0 Å². The van der Waals surface area contributed by atoms with E-state index in [2.05, 4.69) is 34.1 Å². The van der Waals surface area contributed by atoms with Crippen molar-refractivity contribution in [3.8, 4) is 5.88 Å². The van der Waals surface area contributed by atoms with Gasteiger partial charge in [-0.3, -0.25) is 0 Å². The predicted octanol–water partition coefficient (Wildman–Crippen LogP) is 2.75. The molecular formula is C13H16N4O. The van der Waals surface area contributed by atoms with Crippen molar-refractivity contribution in [1.82, 2.24) is 15.0 Å². The van der Waals surface area contributed by atoms with E-state index in [0.717, 1.165) is 11.4 Å². The van der Waals surface area contributed by atoms with E-state index >= 15 is 0 Å². The summed E-state index contributed by atoms with van der Waals surface area (Å²) in [5.74, 6) is 1.51. The molecule has 1 N–H and O–H groups in total. The maximum Gasteiger partial charge on any atom is 0.227 e. The number of methoxy groups -OCH3 is 1. The van der Waals surface area contributed by atoms with Crippen LogP contribution in [-0.4, -0.2) is 22.1 Å². The summed E-state index contributed by atoms with van der Waals surface area (Å²) in [6.07, 6.45) is 3.43. The molecule has 0 aliphatic heterocycles. The number of nitrogens with zero attached hydrogens (tertiary/aromatic N) is 3. The molecule has 0 bridgehead atoms. The third kappa shape index (κ3) is 2.94. The second-order valence-electron chi connectivity index (χ2n) is 4.17. The Morgan fingerprint density at radius 1 is 1.17 bits per heavy atom. The van der Waals surface area contributed by atoms with Gasteiger partial charge in [0.15, 0.2) is 0 Å². The normalized spacial score (nSPS) is 10.4. The first-order chi connectivity index (χ1) is 8.69. The van der Waals surface area contributed by atoms with Gasteiger partial charge in [-0.1, -0.05) is 13.8 Å². The van der Waals surface area contributed by atoms with E-state index in [1.807, 2.05) is 12.1 Å². The zero-order valence-corrected chi connectivity index (χ0v) is 10.7. The molecule has 0 amide bonds. The first-order valence-corrected chi connectivity index (χ1v) is 5.79. The van der Waals surface area contributed by atoms with E-state index in [4.69, 9.17) is 4.74 Å². The van der Waals surface area contributed by atoms with Crippen LogP contribution >= 0.6 is 0 Å². The lowest BCUT2D eigenvalue weighted by Crippen LogP contribution is -2.01. The number of aromatic nitrogens is 3. The average molecular weight is 244 g/mol. The number of rotatable bonds is 4. The fourth-order valence-corrected chi connectivity index (χ4v) is 1.48. The van der Waals surface area contributed by atoms with Crippen LogP contribution in [0.25, 0.3) is 0 Å². The highest BCUT2D eigenvalue weighted by Gasteiger charge is 2.04. The molecule has 0 radical (unpaired) electrons. The van der Waals surface area contributed by atoms with E-state index in [-0.39, 0.29) is 0 Å². The molecule has 5 nitrogen and oxygen atoms in total. The Balaban J connectivity index is 2.20. The molecule has 0 saturated carbocycles. The summed E-state index contributed by atoms with van der Waals surface area (Å²) < 4.78 is 5.06. The smallest absolute Gasteiger partial charge is 0.227 e. The Labute approximate surface area is 106 Å². The van der Waals surface area contributed by atoms with E-state index in [1.165, 1.54) is 0 Å². The summed E-state index contributed by atoms with van der Waals surface area (Å²) >= 11 is 0. The van der Waals surface area contributed by atoms with Crippen LogP contribution in [0.3, 0.4) is 0 Å². The van der Waals surface area contributed by atoms with E-state index < -0.39 is 0 Å². The van der Waals surface area contributed by atoms with E-state index in [1.54, 1.807) is 25.6 Å². The van der Waals surface area contributed by atoms with Crippen LogP contribution in [0.1, 0.15) is 25.5 Å². The Hall–Kier alpha value is -2.17. The molecule has 2 rings (SSSR count). The molecule has 0 unspecified atom stereocenters. The Bertz CT molecular complexity index is 528. The molecule has 2 aromatic heterocycles. The number of anilines is 2. The summed E-state index contributed by atoms with van der Waals surface area (Å²) in [5.41, 5.74) is 1.86. The highest BCUT2D eigenvalue weighted by molar-refractivity contribution is 5.54. The van der Waals surface area contributed by atoms with Crippen LogP contribution in [0.2, 0.25) is 0 Å². The quantitative estimate of drug-likeness (QED) is 0.896. The van der Waals surface area contributed by atoms with Crippen molar-refractivity contribution in [3.63, 3.8) is 0 Å². The van der Waals surface area contributed by atoms with Gasteiger partial charge in [0.05, 0.1) is 7.11 Å². The molecule has 5 heteroatoms. The van der Waals surface area contributed by atoms with Crippen molar-refractivity contribution >= 4 is 11.6 Å². The molecule has 0 atom stereocenters. The molecule has 18 heavy (non-hydrogen) atoms. The Kier molecular flexibility index (Phi) is 3.72. The maximum atomic E-state index is 5.06. The molecule has 2 aromatic rings. The van der Waals surface area contributed by atoms with Crippen molar-refractivity contribution in [3.05, 3.63) is 36.3 Å². The highest BCUT2D eigenvalue weighted by atomic mass is 16.5. The van der Waals surface area contributed by atoms with Gasteiger partial charge in [-0.05, 0) is 18.1 Å². The van der Waals surface area contributed by atoms with Crippen molar-refractivity contribution in [2.24, 2.45) is 0 Å². The minimum Gasteiger partial charge on any atom is -0.481 e. The van der Waals surface area contributed by atoms with Gasteiger partial charge in [-0.15, -0.1) is 0 Å². The third-order valence-corrected chi connectivity index (χ3v) is 2.47. The number of ether oxygens (including phenoxy) is 1. The van der Waals surface area contributed by atoms with Crippen molar-refractivity contribution < 1.29 is 4.74 Å². The molecule has 2 heterocycles. The lowest BCUT2D eigenvalue weighted by atomic mass is 10.1. The van der Waals surface area contributed by atoms with Crippen molar-refractivity contribution in [2.75, 3.05) is 12.4 Å². The second-order valence-corrected chi connectivity index (χ2v) is 4.17. The SMILES string of the molecule is COc1cc(Nc2nccc(C(C)C)n2)ccn1. The van der Waals surface area contributed by atoms with Crippen LogP contribution in [-0.2, 0) is 0 Å². The van der Waals surface area contributed by atoms with Gasteiger partial charge in [0.2, 0.25) is 11.8 Å². The molecule has 0 aliphatic carbocycles. The van der Waals surface area contributed by atoms with Crippen molar-refractivity contribution in [1.29, 1.82) is 0 Å². The number of nitrogens with one attached hydrogen (secondary N) is 1. The largest absolute Gasteiger partial charge is 0.481 e. The zero-order valence-electron chi connectivity index (χ0n) is 10.7. The number of pyridine rings is 1. The predicted molar refractivity (Wildman–Crippen MR) is 70.2 cm³/mol. The Morgan fingerprint density at radius 2 is 1.94 bits per heavy atom. The first kappa shape index (κ1) is 12.3. The third-order valence-electron chi connectivity index (χ3n) is 2.47. The number of hydrogen-bond acceptors (Lipinski definition) is 5. The standard InChI is InChI=1S/C13H16N4O/c1-9(2)11-5-7-15-13(17-11)16-10-4-6-14-12(8-10)18-3/h4-9H,1-3H3,(H,14,15,16,17). The summed E-state index contributed by atoms with van der Waals surface area (Å²) in [4.78, 5) is 12.7. The summed E-state index contributed by atoms with van der Waals surface area (Å²) in [6.45, 7) is 4.20. The van der Waals surface area contributed by atoms with Crippen LogP contribution in [0, 0.1) is 0 Å². The Morgan fingerprint density at radius 3 is 2.67 bits per heavy atom. The highest BCUT2D eigenvalue weighted by Crippen LogP contribution is 2.18.